The Morgan fingerprint density at radius 2 is 1.61 bits per heavy atom. The summed E-state index contributed by atoms with van der Waals surface area (Å²) in [6.45, 7) is 0. The van der Waals surface area contributed by atoms with E-state index in [0.717, 1.165) is 18.4 Å². The van der Waals surface area contributed by atoms with Crippen LogP contribution in [-0.4, -0.2) is 24.1 Å². The maximum absolute atomic E-state index is 13.1. The fourth-order valence-electron chi connectivity index (χ4n) is 3.00. The first kappa shape index (κ1) is 18.5. The Morgan fingerprint density at radius 3 is 2.25 bits per heavy atom. The van der Waals surface area contributed by atoms with E-state index < -0.39 is 5.82 Å². The van der Waals surface area contributed by atoms with Crippen LogP contribution in [0.3, 0.4) is 0 Å². The minimum atomic E-state index is -0.394. The van der Waals surface area contributed by atoms with Gasteiger partial charge in [0.15, 0.2) is 5.96 Å². The van der Waals surface area contributed by atoms with E-state index in [2.05, 4.69) is 26.5 Å². The van der Waals surface area contributed by atoms with Gasteiger partial charge in [-0.2, -0.15) is 0 Å². The van der Waals surface area contributed by atoms with Crippen molar-refractivity contribution in [2.45, 2.75) is 37.5 Å². The number of rotatable bonds is 4. The van der Waals surface area contributed by atoms with Crippen molar-refractivity contribution in [3.63, 3.8) is 0 Å². The molecule has 4 N–H and O–H groups in total. The van der Waals surface area contributed by atoms with Gasteiger partial charge in [0, 0.05) is 24.1 Å². The minimum Gasteiger partial charge on any atom is -0.353 e. The molecule has 0 aromatic heterocycles. The monoisotopic (exact) mass is 385 g/mol. The third-order valence-electron chi connectivity index (χ3n) is 4.70. The number of halogens is 2. The zero-order valence-electron chi connectivity index (χ0n) is 15.1. The number of hydrazine groups is 1. The first-order valence-corrected chi connectivity index (χ1v) is 9.24. The summed E-state index contributed by atoms with van der Waals surface area (Å²) in [5.41, 5.74) is 7.55. The highest BCUT2D eigenvalue weighted by atomic mass is 19.1. The average molecular weight is 385 g/mol. The van der Waals surface area contributed by atoms with Crippen LogP contribution in [0.5, 0.6) is 0 Å². The van der Waals surface area contributed by atoms with Gasteiger partial charge in [-0.1, -0.05) is 12.1 Å². The molecule has 0 bridgehead atoms. The van der Waals surface area contributed by atoms with Gasteiger partial charge in [-0.05, 0) is 54.8 Å². The van der Waals surface area contributed by atoms with Crippen molar-refractivity contribution in [2.24, 2.45) is 4.99 Å². The highest BCUT2D eigenvalue weighted by Gasteiger charge is 2.27. The molecule has 8 heteroatoms. The molecule has 1 aliphatic carbocycles. The van der Waals surface area contributed by atoms with Crippen molar-refractivity contribution < 1.29 is 13.6 Å². The van der Waals surface area contributed by atoms with E-state index >= 15 is 0 Å². The molecule has 2 atom stereocenters. The van der Waals surface area contributed by atoms with Crippen molar-refractivity contribution in [3.05, 3.63) is 71.3 Å². The number of carbonyl (C=O) groups is 1. The van der Waals surface area contributed by atoms with E-state index in [9.17, 15) is 13.6 Å². The molecule has 6 nitrogen and oxygen atoms in total. The standard InChI is InChI=1S/C20H21F2N5O/c21-14-5-1-12(2-6-14)17-11-18(27-26-17)24-20(23-16-9-10-16)25-19(28)13-3-7-15(22)8-4-13/h1-8,16-18,26-27H,9-11H2,(H2,23,24,25,28). The topological polar surface area (TPSA) is 77.5 Å². The molecular formula is C20H21F2N5O. The second-order valence-electron chi connectivity index (χ2n) is 7.00. The summed E-state index contributed by atoms with van der Waals surface area (Å²) in [6.07, 6.45) is 2.44. The molecule has 2 aromatic carbocycles. The van der Waals surface area contributed by atoms with Crippen LogP contribution in [0.15, 0.2) is 53.5 Å². The second kappa shape index (κ2) is 8.04. The molecule has 1 aliphatic heterocycles. The lowest BCUT2D eigenvalue weighted by Gasteiger charge is -2.13. The summed E-state index contributed by atoms with van der Waals surface area (Å²) in [6, 6.07) is 12.0. The van der Waals surface area contributed by atoms with E-state index in [0.29, 0.717) is 24.0 Å². The lowest BCUT2D eigenvalue weighted by Crippen LogP contribution is -2.44. The van der Waals surface area contributed by atoms with E-state index in [1.165, 1.54) is 36.4 Å². The van der Waals surface area contributed by atoms with Gasteiger partial charge < -0.3 is 5.32 Å². The van der Waals surface area contributed by atoms with E-state index in [4.69, 9.17) is 0 Å². The average Bonchev–Trinajstić information content (AvgIpc) is 3.38. The molecule has 2 aromatic rings. The quantitative estimate of drug-likeness (QED) is 0.481. The number of amides is 1. The molecule has 1 saturated heterocycles. The van der Waals surface area contributed by atoms with Crippen molar-refractivity contribution in [2.75, 3.05) is 0 Å². The Morgan fingerprint density at radius 1 is 0.964 bits per heavy atom. The summed E-state index contributed by atoms with van der Waals surface area (Å²) < 4.78 is 26.2. The Kier molecular flexibility index (Phi) is 5.31. The molecule has 2 aliphatic rings. The molecular weight excluding hydrogens is 364 g/mol. The number of hydrogen-bond acceptors (Lipinski definition) is 4. The Labute approximate surface area is 161 Å². The molecule has 1 amide bonds. The Bertz CT molecular complexity index is 865. The highest BCUT2D eigenvalue weighted by Crippen LogP contribution is 2.23. The van der Waals surface area contributed by atoms with E-state index in [-0.39, 0.29) is 23.9 Å². The Balaban J connectivity index is 1.43. The number of benzene rings is 2. The summed E-state index contributed by atoms with van der Waals surface area (Å²) >= 11 is 0. The van der Waals surface area contributed by atoms with Crippen molar-refractivity contribution >= 4 is 11.9 Å². The number of nitrogens with zero attached hydrogens (tertiary/aromatic N) is 1. The number of guanidine groups is 1. The lowest BCUT2D eigenvalue weighted by molar-refractivity contribution is 0.0975. The van der Waals surface area contributed by atoms with Crippen LogP contribution in [0.1, 0.15) is 41.2 Å². The van der Waals surface area contributed by atoms with E-state index in [1.807, 2.05) is 0 Å². The fraction of sp³-hybridized carbons (Fsp3) is 0.300. The van der Waals surface area contributed by atoms with Crippen LogP contribution in [0, 0.1) is 11.6 Å². The largest absolute Gasteiger partial charge is 0.353 e. The van der Waals surface area contributed by atoms with Gasteiger partial charge in [0.25, 0.3) is 5.91 Å². The lowest BCUT2D eigenvalue weighted by atomic mass is 10.0. The highest BCUT2D eigenvalue weighted by molar-refractivity contribution is 6.05. The van der Waals surface area contributed by atoms with Gasteiger partial charge in [0.2, 0.25) is 0 Å². The van der Waals surface area contributed by atoms with Crippen LogP contribution < -0.4 is 21.5 Å². The fourth-order valence-corrected chi connectivity index (χ4v) is 3.00. The minimum absolute atomic E-state index is 0.00988. The van der Waals surface area contributed by atoms with Crippen molar-refractivity contribution in [1.29, 1.82) is 0 Å². The van der Waals surface area contributed by atoms with Crippen molar-refractivity contribution in [3.8, 4) is 0 Å². The summed E-state index contributed by atoms with van der Waals surface area (Å²) in [5, 5.41) is 5.99. The summed E-state index contributed by atoms with van der Waals surface area (Å²) in [7, 11) is 0. The number of nitrogens with one attached hydrogen (secondary N) is 4. The van der Waals surface area contributed by atoms with Gasteiger partial charge in [0.05, 0.1) is 0 Å². The molecule has 146 valence electrons. The maximum atomic E-state index is 13.1. The molecule has 1 saturated carbocycles. The van der Waals surface area contributed by atoms with Gasteiger partial charge in [-0.25, -0.2) is 24.6 Å². The van der Waals surface area contributed by atoms with Gasteiger partial charge in [-0.15, -0.1) is 0 Å². The normalized spacial score (nSPS) is 22.1. The van der Waals surface area contributed by atoms with E-state index in [1.54, 1.807) is 12.1 Å². The third kappa shape index (κ3) is 4.71. The molecule has 1 heterocycles. The van der Waals surface area contributed by atoms with Gasteiger partial charge in [0.1, 0.15) is 17.8 Å². The van der Waals surface area contributed by atoms with Crippen LogP contribution in [0.2, 0.25) is 0 Å². The first-order valence-electron chi connectivity index (χ1n) is 9.24. The first-order chi connectivity index (χ1) is 13.6. The van der Waals surface area contributed by atoms with Crippen LogP contribution >= 0.6 is 0 Å². The second-order valence-corrected chi connectivity index (χ2v) is 7.00. The van der Waals surface area contributed by atoms with Crippen LogP contribution in [0.25, 0.3) is 0 Å². The number of hydrogen-bond donors (Lipinski definition) is 4. The van der Waals surface area contributed by atoms with Crippen LogP contribution in [-0.2, 0) is 0 Å². The third-order valence-corrected chi connectivity index (χ3v) is 4.70. The molecule has 4 rings (SSSR count). The number of carbonyl (C=O) groups excluding carboxylic acids is 1. The molecule has 2 fully saturated rings. The molecule has 2 unspecified atom stereocenters. The summed E-state index contributed by atoms with van der Waals surface area (Å²) in [4.78, 5) is 17.0. The number of aliphatic imine (C=N–C) groups is 1. The Hall–Kier alpha value is -2.84. The zero-order chi connectivity index (χ0) is 19.5. The zero-order valence-corrected chi connectivity index (χ0v) is 15.1. The van der Waals surface area contributed by atoms with Gasteiger partial charge >= 0.3 is 0 Å². The van der Waals surface area contributed by atoms with Crippen molar-refractivity contribution in [1.82, 2.24) is 21.5 Å². The maximum Gasteiger partial charge on any atom is 0.257 e. The smallest absolute Gasteiger partial charge is 0.257 e. The predicted octanol–water partition coefficient (Wildman–Crippen LogP) is 2.37. The molecule has 0 radical (unpaired) electrons. The predicted molar refractivity (Wildman–Crippen MR) is 101 cm³/mol. The summed E-state index contributed by atoms with van der Waals surface area (Å²) in [5.74, 6) is -0.637. The van der Waals surface area contributed by atoms with Gasteiger partial charge in [-0.3, -0.25) is 10.1 Å². The molecule has 0 spiro atoms. The molecule has 28 heavy (non-hydrogen) atoms. The SMILES string of the molecule is O=C(NC(=NC1CC(c2ccc(F)cc2)NN1)NC1CC1)c1ccc(F)cc1. The van der Waals surface area contributed by atoms with Crippen LogP contribution in [0.4, 0.5) is 8.78 Å².